The SMILES string of the molecule is C=C(C)/C=C(Cl)\C(=C/C)OCC(=O)C1CCC(C2CCC3=CC(=O)CCC3C2)C1(C)CO. The molecule has 0 amide bonds. The summed E-state index contributed by atoms with van der Waals surface area (Å²) in [6.07, 6.45) is 11.8. The Morgan fingerprint density at radius 2 is 2.06 bits per heavy atom. The molecule has 5 unspecified atom stereocenters. The molecule has 0 saturated heterocycles. The van der Waals surface area contributed by atoms with Gasteiger partial charge in [0, 0.05) is 24.4 Å². The second kappa shape index (κ2) is 10.5. The molecule has 3 aliphatic rings. The molecule has 176 valence electrons. The average molecular weight is 461 g/mol. The van der Waals surface area contributed by atoms with Gasteiger partial charge in [0.05, 0.1) is 5.03 Å². The van der Waals surface area contributed by atoms with Crippen molar-refractivity contribution in [1.29, 1.82) is 0 Å². The Kier molecular flexibility index (Phi) is 8.21. The van der Waals surface area contributed by atoms with Crippen LogP contribution in [0.2, 0.25) is 0 Å². The van der Waals surface area contributed by atoms with Crippen molar-refractivity contribution in [3.05, 3.63) is 46.7 Å². The standard InChI is InChI=1S/C27H37ClO4/c1-5-26(24(28)12-17(2)3)32-15-25(31)23-11-10-22(27(23,4)16-29)20-7-6-19-14-21(30)9-8-18(19)13-20/h5,12,14,18,20,22-23,29H,2,6-11,13,15-16H2,1,3-4H3/b24-12+,26-5+. The molecule has 0 bridgehead atoms. The number of aliphatic hydroxyl groups excluding tert-OH is 1. The number of hydrogen-bond acceptors (Lipinski definition) is 4. The van der Waals surface area contributed by atoms with Crippen LogP contribution in [0.3, 0.4) is 0 Å². The lowest BCUT2D eigenvalue weighted by molar-refractivity contribution is -0.131. The summed E-state index contributed by atoms with van der Waals surface area (Å²) in [5, 5.41) is 10.9. The molecule has 2 fully saturated rings. The summed E-state index contributed by atoms with van der Waals surface area (Å²) in [6.45, 7) is 9.53. The fourth-order valence-corrected chi connectivity index (χ4v) is 6.62. The van der Waals surface area contributed by atoms with Crippen molar-refractivity contribution in [3.63, 3.8) is 0 Å². The third-order valence-corrected chi connectivity index (χ3v) is 8.24. The van der Waals surface area contributed by atoms with Crippen LogP contribution in [0.5, 0.6) is 0 Å². The normalized spacial score (nSPS) is 33.5. The molecule has 3 aliphatic carbocycles. The van der Waals surface area contributed by atoms with Crippen molar-refractivity contribution in [1.82, 2.24) is 0 Å². The number of hydrogen-bond donors (Lipinski definition) is 1. The van der Waals surface area contributed by atoms with Gasteiger partial charge in [0.1, 0.15) is 12.4 Å². The van der Waals surface area contributed by atoms with Gasteiger partial charge in [-0.05, 0) is 88.4 Å². The van der Waals surface area contributed by atoms with Gasteiger partial charge < -0.3 is 9.84 Å². The van der Waals surface area contributed by atoms with E-state index in [1.807, 2.05) is 19.9 Å². The van der Waals surface area contributed by atoms with Crippen molar-refractivity contribution in [2.24, 2.45) is 29.1 Å². The Morgan fingerprint density at radius 3 is 2.72 bits per heavy atom. The first-order valence-electron chi connectivity index (χ1n) is 11.9. The van der Waals surface area contributed by atoms with E-state index in [1.54, 1.807) is 12.2 Å². The van der Waals surface area contributed by atoms with Crippen molar-refractivity contribution in [2.45, 2.75) is 65.7 Å². The predicted octanol–water partition coefficient (Wildman–Crippen LogP) is 5.91. The van der Waals surface area contributed by atoms with Gasteiger partial charge in [-0.2, -0.15) is 0 Å². The molecular formula is C27H37ClO4. The first kappa shape index (κ1) is 25.0. The van der Waals surface area contributed by atoms with Gasteiger partial charge in [0.25, 0.3) is 0 Å². The molecule has 4 nitrogen and oxygen atoms in total. The van der Waals surface area contributed by atoms with E-state index in [1.165, 1.54) is 5.57 Å². The largest absolute Gasteiger partial charge is 0.485 e. The third-order valence-electron chi connectivity index (χ3n) is 7.95. The number of rotatable bonds is 8. The van der Waals surface area contributed by atoms with Gasteiger partial charge >= 0.3 is 0 Å². The van der Waals surface area contributed by atoms with E-state index >= 15 is 0 Å². The minimum absolute atomic E-state index is 0.00319. The molecule has 3 rings (SSSR count). The van der Waals surface area contributed by atoms with E-state index < -0.39 is 5.41 Å². The minimum atomic E-state index is -0.440. The lowest BCUT2D eigenvalue weighted by Gasteiger charge is -2.43. The van der Waals surface area contributed by atoms with Gasteiger partial charge in [-0.3, -0.25) is 9.59 Å². The van der Waals surface area contributed by atoms with Crippen LogP contribution in [-0.2, 0) is 14.3 Å². The molecule has 0 aromatic rings. The molecule has 5 atom stereocenters. The Hall–Kier alpha value is -1.65. The Bertz CT molecular complexity index is 852. The number of Topliss-reactive ketones (excluding diaryl/α,β-unsaturated/α-hetero) is 1. The number of fused-ring (bicyclic) bond motifs is 1. The Morgan fingerprint density at radius 1 is 1.31 bits per heavy atom. The summed E-state index contributed by atoms with van der Waals surface area (Å²) in [5.41, 5.74) is 1.69. The number of allylic oxidation sites excluding steroid dienone is 6. The summed E-state index contributed by atoms with van der Waals surface area (Å²) in [7, 11) is 0. The zero-order valence-electron chi connectivity index (χ0n) is 19.7. The lowest BCUT2D eigenvalue weighted by Crippen LogP contribution is -2.42. The topological polar surface area (TPSA) is 63.6 Å². The van der Waals surface area contributed by atoms with Crippen LogP contribution in [0, 0.1) is 29.1 Å². The van der Waals surface area contributed by atoms with Gasteiger partial charge in [-0.15, -0.1) is 0 Å². The fraction of sp³-hybridized carbons (Fsp3) is 0.630. The second-order valence-corrected chi connectivity index (χ2v) is 10.5. The van der Waals surface area contributed by atoms with Gasteiger partial charge in [-0.25, -0.2) is 0 Å². The zero-order chi connectivity index (χ0) is 23.5. The number of aliphatic hydroxyl groups is 1. The van der Waals surface area contributed by atoms with Crippen LogP contribution in [0.1, 0.15) is 65.7 Å². The molecule has 5 heteroatoms. The van der Waals surface area contributed by atoms with E-state index in [0.717, 1.165) is 44.1 Å². The molecule has 0 aliphatic heterocycles. The quantitative estimate of drug-likeness (QED) is 0.361. The highest BCUT2D eigenvalue weighted by Crippen LogP contribution is 2.55. The van der Waals surface area contributed by atoms with Crippen molar-refractivity contribution < 1.29 is 19.4 Å². The van der Waals surface area contributed by atoms with E-state index in [2.05, 4.69) is 13.5 Å². The summed E-state index contributed by atoms with van der Waals surface area (Å²) in [6, 6.07) is 0. The highest BCUT2D eigenvalue weighted by molar-refractivity contribution is 6.31. The minimum Gasteiger partial charge on any atom is -0.485 e. The lowest BCUT2D eigenvalue weighted by atomic mass is 9.62. The number of carbonyl (C=O) groups excluding carboxylic acids is 2. The van der Waals surface area contributed by atoms with Gasteiger partial charge in [0.15, 0.2) is 11.6 Å². The number of carbonyl (C=O) groups is 2. The molecule has 2 saturated carbocycles. The molecular weight excluding hydrogens is 424 g/mol. The van der Waals surface area contributed by atoms with Gasteiger partial charge in [-0.1, -0.05) is 36.2 Å². The van der Waals surface area contributed by atoms with E-state index in [0.29, 0.717) is 35.0 Å². The maximum atomic E-state index is 13.2. The van der Waals surface area contributed by atoms with Crippen LogP contribution < -0.4 is 0 Å². The van der Waals surface area contributed by atoms with Gasteiger partial charge in [0.2, 0.25) is 0 Å². The van der Waals surface area contributed by atoms with Crippen molar-refractivity contribution in [2.75, 3.05) is 13.2 Å². The van der Waals surface area contributed by atoms with Crippen LogP contribution in [0.4, 0.5) is 0 Å². The smallest absolute Gasteiger partial charge is 0.173 e. The van der Waals surface area contributed by atoms with E-state index in [9.17, 15) is 14.7 Å². The highest BCUT2D eigenvalue weighted by atomic mass is 35.5. The first-order valence-corrected chi connectivity index (χ1v) is 12.3. The Labute approximate surface area is 197 Å². The molecule has 1 N–H and O–H groups in total. The molecule has 0 aromatic carbocycles. The summed E-state index contributed by atoms with van der Waals surface area (Å²) in [4.78, 5) is 25.0. The zero-order valence-corrected chi connectivity index (χ0v) is 20.4. The number of ketones is 2. The maximum Gasteiger partial charge on any atom is 0.173 e. The molecule has 0 spiro atoms. The number of halogens is 1. The summed E-state index contributed by atoms with van der Waals surface area (Å²) >= 11 is 6.29. The van der Waals surface area contributed by atoms with E-state index in [4.69, 9.17) is 16.3 Å². The van der Waals surface area contributed by atoms with Crippen LogP contribution in [0.25, 0.3) is 0 Å². The summed E-state index contributed by atoms with van der Waals surface area (Å²) < 4.78 is 5.78. The average Bonchev–Trinajstić information content (AvgIpc) is 3.10. The van der Waals surface area contributed by atoms with Crippen molar-refractivity contribution >= 4 is 23.2 Å². The first-order chi connectivity index (χ1) is 15.2. The third kappa shape index (κ3) is 5.28. The van der Waals surface area contributed by atoms with Crippen molar-refractivity contribution in [3.8, 4) is 0 Å². The molecule has 0 radical (unpaired) electrons. The van der Waals surface area contributed by atoms with Crippen LogP contribution >= 0.6 is 11.6 Å². The highest BCUT2D eigenvalue weighted by Gasteiger charge is 2.52. The summed E-state index contributed by atoms with van der Waals surface area (Å²) in [5.74, 6) is 1.84. The predicted molar refractivity (Wildman–Crippen MR) is 128 cm³/mol. The number of ether oxygens (including phenoxy) is 1. The molecule has 0 aromatic heterocycles. The maximum absolute atomic E-state index is 13.2. The van der Waals surface area contributed by atoms with Crippen LogP contribution in [0.15, 0.2) is 46.7 Å². The van der Waals surface area contributed by atoms with E-state index in [-0.39, 0.29) is 30.7 Å². The molecule has 0 heterocycles. The second-order valence-electron chi connectivity index (χ2n) is 10.1. The Balaban J connectivity index is 1.66. The van der Waals surface area contributed by atoms with Crippen LogP contribution in [-0.4, -0.2) is 29.9 Å². The fourth-order valence-electron chi connectivity index (χ4n) is 6.27. The molecule has 32 heavy (non-hydrogen) atoms. The monoisotopic (exact) mass is 460 g/mol.